The summed E-state index contributed by atoms with van der Waals surface area (Å²) < 4.78 is 6.88. The van der Waals surface area contributed by atoms with E-state index in [1.54, 1.807) is 7.05 Å². The molecule has 0 spiro atoms. The summed E-state index contributed by atoms with van der Waals surface area (Å²) in [4.78, 5) is 33.9. The van der Waals surface area contributed by atoms with Crippen LogP contribution in [0.25, 0.3) is 22.6 Å². The van der Waals surface area contributed by atoms with Gasteiger partial charge in [0.15, 0.2) is 11.2 Å². The largest absolute Gasteiger partial charge is 0.332 e. The minimum Gasteiger partial charge on any atom is -0.302 e. The molecule has 5 rings (SSSR count). The quantitative estimate of drug-likeness (QED) is 0.481. The minimum atomic E-state index is -0.308. The average Bonchev–Trinajstić information content (AvgIpc) is 3.30. The van der Waals surface area contributed by atoms with Crippen LogP contribution in [-0.4, -0.2) is 47.6 Å². The number of nitrogens with zero attached hydrogens (tertiary/aromatic N) is 6. The summed E-state index contributed by atoms with van der Waals surface area (Å²) in [6, 6.07) is 6.31. The molecule has 0 bridgehead atoms. The number of rotatable bonds is 4. The van der Waals surface area contributed by atoms with Crippen LogP contribution in [0.2, 0.25) is 0 Å². The zero-order valence-corrected chi connectivity index (χ0v) is 20.2. The lowest BCUT2D eigenvalue weighted by Crippen LogP contribution is -2.43. The fraction of sp³-hybridized carbons (Fsp3) is 0.480. The average molecular weight is 449 g/mol. The topological polar surface area (TPSA) is 69.5 Å². The van der Waals surface area contributed by atoms with Crippen LogP contribution < -0.4 is 11.2 Å². The Balaban J connectivity index is 1.71. The molecule has 8 heteroatoms. The number of fused-ring (bicyclic) bond motifs is 3. The Labute approximate surface area is 192 Å². The number of aromatic nitrogens is 5. The number of hydrogen-bond acceptors (Lipinski definition) is 4. The molecule has 1 aromatic carbocycles. The molecule has 0 saturated carbocycles. The molecular formula is C25H32N6O2. The van der Waals surface area contributed by atoms with E-state index in [0.29, 0.717) is 30.0 Å². The highest BCUT2D eigenvalue weighted by Crippen LogP contribution is 2.25. The van der Waals surface area contributed by atoms with Gasteiger partial charge in [-0.25, -0.2) is 4.79 Å². The number of benzene rings is 1. The lowest BCUT2D eigenvalue weighted by Gasteiger charge is -2.26. The van der Waals surface area contributed by atoms with Gasteiger partial charge in [0.2, 0.25) is 5.78 Å². The fourth-order valence-corrected chi connectivity index (χ4v) is 5.05. The predicted octanol–water partition coefficient (Wildman–Crippen LogP) is 2.86. The SMILES string of the molecule is Cc1ccc(-n2c(C)c(C)n3c4c(=O)n(CCN5CCCCC5)c(=O)n(C)c4nc23)cc1C. The van der Waals surface area contributed by atoms with E-state index in [9.17, 15) is 9.59 Å². The molecule has 8 nitrogen and oxygen atoms in total. The van der Waals surface area contributed by atoms with E-state index >= 15 is 0 Å². The molecule has 1 fully saturated rings. The first-order valence-corrected chi connectivity index (χ1v) is 11.8. The van der Waals surface area contributed by atoms with Crippen LogP contribution >= 0.6 is 0 Å². The smallest absolute Gasteiger partial charge is 0.302 e. The first kappa shape index (κ1) is 21.7. The number of aryl methyl sites for hydroxylation is 4. The maximum absolute atomic E-state index is 13.6. The molecule has 1 aliphatic rings. The molecule has 0 radical (unpaired) electrons. The highest BCUT2D eigenvalue weighted by atomic mass is 16.2. The lowest BCUT2D eigenvalue weighted by atomic mass is 10.1. The van der Waals surface area contributed by atoms with Crippen LogP contribution in [0.3, 0.4) is 0 Å². The number of hydrogen-bond donors (Lipinski definition) is 0. The Morgan fingerprint density at radius 2 is 1.64 bits per heavy atom. The van der Waals surface area contributed by atoms with E-state index in [2.05, 4.69) is 41.5 Å². The molecule has 0 unspecified atom stereocenters. The second kappa shape index (κ2) is 8.02. The first-order valence-electron chi connectivity index (χ1n) is 11.8. The lowest BCUT2D eigenvalue weighted by molar-refractivity contribution is 0.218. The zero-order chi connectivity index (χ0) is 23.4. The van der Waals surface area contributed by atoms with E-state index < -0.39 is 0 Å². The van der Waals surface area contributed by atoms with Gasteiger partial charge in [0, 0.05) is 37.2 Å². The van der Waals surface area contributed by atoms with Gasteiger partial charge < -0.3 is 4.90 Å². The van der Waals surface area contributed by atoms with Gasteiger partial charge in [-0.15, -0.1) is 0 Å². The molecule has 4 aromatic rings. The van der Waals surface area contributed by atoms with Crippen molar-refractivity contribution < 1.29 is 0 Å². The van der Waals surface area contributed by atoms with Crippen LogP contribution in [-0.2, 0) is 13.6 Å². The summed E-state index contributed by atoms with van der Waals surface area (Å²) in [5, 5.41) is 0. The second-order valence-corrected chi connectivity index (χ2v) is 9.39. The molecule has 174 valence electrons. The standard InChI is InChI=1S/C25H32N6O2/c1-16-9-10-20(15-17(16)2)30-18(3)19(4)31-21-22(26-24(30)31)27(5)25(33)29(23(21)32)14-13-28-11-7-6-8-12-28/h9-10,15H,6-8,11-14H2,1-5H3. The molecule has 0 aliphatic carbocycles. The van der Waals surface area contributed by atoms with Crippen molar-refractivity contribution in [2.45, 2.75) is 53.5 Å². The summed E-state index contributed by atoms with van der Waals surface area (Å²) in [5.74, 6) is 0.657. The zero-order valence-electron chi connectivity index (χ0n) is 20.2. The van der Waals surface area contributed by atoms with Crippen molar-refractivity contribution in [2.24, 2.45) is 7.05 Å². The summed E-state index contributed by atoms with van der Waals surface area (Å²) >= 11 is 0. The van der Waals surface area contributed by atoms with Crippen molar-refractivity contribution in [1.82, 2.24) is 28.0 Å². The summed E-state index contributed by atoms with van der Waals surface area (Å²) in [6.07, 6.45) is 3.62. The van der Waals surface area contributed by atoms with Gasteiger partial charge in [0.1, 0.15) is 0 Å². The Hall–Kier alpha value is -3.13. The molecule has 0 amide bonds. The number of piperidine rings is 1. The molecule has 1 saturated heterocycles. The maximum atomic E-state index is 13.6. The summed E-state index contributed by atoms with van der Waals surface area (Å²) in [6.45, 7) is 11.4. The van der Waals surface area contributed by atoms with Crippen molar-refractivity contribution in [1.29, 1.82) is 0 Å². The molecule has 1 aliphatic heterocycles. The normalized spacial score (nSPS) is 15.2. The van der Waals surface area contributed by atoms with Gasteiger partial charge in [-0.3, -0.25) is 22.9 Å². The number of likely N-dealkylation sites (tertiary alicyclic amines) is 1. The van der Waals surface area contributed by atoms with E-state index in [0.717, 1.165) is 30.2 Å². The van der Waals surface area contributed by atoms with Gasteiger partial charge in [-0.2, -0.15) is 4.98 Å². The monoisotopic (exact) mass is 448 g/mol. The third-order valence-corrected chi connectivity index (χ3v) is 7.36. The highest BCUT2D eigenvalue weighted by Gasteiger charge is 2.23. The minimum absolute atomic E-state index is 0.266. The third-order valence-electron chi connectivity index (χ3n) is 7.36. The van der Waals surface area contributed by atoms with Gasteiger partial charge in [-0.1, -0.05) is 12.5 Å². The van der Waals surface area contributed by atoms with Crippen LogP contribution in [0.5, 0.6) is 0 Å². The van der Waals surface area contributed by atoms with Gasteiger partial charge in [0.05, 0.1) is 0 Å². The van der Waals surface area contributed by atoms with E-state index in [1.165, 1.54) is 39.5 Å². The Kier molecular flexibility index (Phi) is 5.28. The molecule has 33 heavy (non-hydrogen) atoms. The highest BCUT2D eigenvalue weighted by molar-refractivity contribution is 5.77. The van der Waals surface area contributed by atoms with Crippen LogP contribution in [0.4, 0.5) is 0 Å². The maximum Gasteiger partial charge on any atom is 0.332 e. The first-order chi connectivity index (χ1) is 15.8. The van der Waals surface area contributed by atoms with Gasteiger partial charge >= 0.3 is 5.69 Å². The Bertz CT molecular complexity index is 1490. The van der Waals surface area contributed by atoms with Gasteiger partial charge in [0.25, 0.3) is 5.56 Å². The van der Waals surface area contributed by atoms with Crippen molar-refractivity contribution in [2.75, 3.05) is 19.6 Å². The molecule has 3 aromatic heterocycles. The molecule has 0 atom stereocenters. The fourth-order valence-electron chi connectivity index (χ4n) is 5.05. The van der Waals surface area contributed by atoms with Crippen LogP contribution in [0, 0.1) is 27.7 Å². The van der Waals surface area contributed by atoms with E-state index in [1.807, 2.05) is 18.2 Å². The van der Waals surface area contributed by atoms with Crippen molar-refractivity contribution in [3.8, 4) is 5.69 Å². The molecule has 0 N–H and O–H groups in total. The molecular weight excluding hydrogens is 416 g/mol. The summed E-state index contributed by atoms with van der Waals surface area (Å²) in [5.41, 5.74) is 5.71. The van der Waals surface area contributed by atoms with E-state index in [-0.39, 0.29) is 11.2 Å². The van der Waals surface area contributed by atoms with Gasteiger partial charge in [-0.05, 0) is 76.9 Å². The van der Waals surface area contributed by atoms with E-state index in [4.69, 9.17) is 4.98 Å². The Morgan fingerprint density at radius 3 is 2.33 bits per heavy atom. The second-order valence-electron chi connectivity index (χ2n) is 9.39. The van der Waals surface area contributed by atoms with Crippen molar-refractivity contribution in [3.63, 3.8) is 0 Å². The van der Waals surface area contributed by atoms with Crippen LogP contribution in [0.15, 0.2) is 27.8 Å². The van der Waals surface area contributed by atoms with Crippen molar-refractivity contribution >= 4 is 16.9 Å². The van der Waals surface area contributed by atoms with Crippen molar-refractivity contribution in [3.05, 3.63) is 61.6 Å². The summed E-state index contributed by atoms with van der Waals surface area (Å²) in [7, 11) is 1.70. The van der Waals surface area contributed by atoms with Crippen LogP contribution in [0.1, 0.15) is 41.8 Å². The Morgan fingerprint density at radius 1 is 0.909 bits per heavy atom. The molecule has 4 heterocycles. The third kappa shape index (κ3) is 3.35. The predicted molar refractivity (Wildman–Crippen MR) is 131 cm³/mol. The number of imidazole rings is 2.